The second kappa shape index (κ2) is 9.51. The summed E-state index contributed by atoms with van der Waals surface area (Å²) in [7, 11) is -36.2. The van der Waals surface area contributed by atoms with Crippen molar-refractivity contribution in [3.05, 3.63) is 0 Å². The van der Waals surface area contributed by atoms with E-state index in [1.807, 2.05) is 0 Å². The second-order valence-electron chi connectivity index (χ2n) is 3.26. The van der Waals surface area contributed by atoms with Gasteiger partial charge in [0.25, 0.3) is 0 Å². The molecule has 0 bridgehead atoms. The monoisotopic (exact) mass is 506 g/mol. The summed E-state index contributed by atoms with van der Waals surface area (Å²) in [6.07, 6.45) is 0. The van der Waals surface area contributed by atoms with Crippen LogP contribution >= 0.6 is 46.9 Å². The first-order chi connectivity index (χ1) is 10.5. The molecule has 0 amide bonds. The van der Waals surface area contributed by atoms with Crippen LogP contribution in [0.25, 0.3) is 0 Å². The molecular weight excluding hydrogens is 497 g/mol. The summed E-state index contributed by atoms with van der Waals surface area (Å²) in [4.78, 5) is 68.1. The Balaban J connectivity index is 0. The van der Waals surface area contributed by atoms with E-state index in [1.165, 1.54) is 0 Å². The number of phosphoric acid groups is 6. The van der Waals surface area contributed by atoms with Crippen molar-refractivity contribution in [2.75, 3.05) is 0 Å². The van der Waals surface area contributed by atoms with Crippen LogP contribution in [0, 0.1) is 0 Å². The maximum absolute atomic E-state index is 11.2. The summed E-state index contributed by atoms with van der Waals surface area (Å²) in [6, 6.07) is 0. The fourth-order valence-corrected chi connectivity index (χ4v) is 7.55. The van der Waals surface area contributed by atoms with Gasteiger partial charge in [-0.1, -0.05) is 0 Å². The quantitative estimate of drug-likeness (QED) is 0.130. The normalized spacial score (nSPS) is 22.2. The van der Waals surface area contributed by atoms with Crippen LogP contribution in [-0.4, -0.2) is 58.0 Å². The molecule has 0 spiro atoms. The fraction of sp³-hybridized carbons (Fsp3) is 0. The first-order valence-corrected chi connectivity index (χ1v) is 13.6. The molecule has 0 radical (unpaired) electrons. The minimum absolute atomic E-state index is 0. The second-order valence-corrected chi connectivity index (χ2v) is 12.2. The third kappa shape index (κ3) is 15.4. The van der Waals surface area contributed by atoms with Gasteiger partial charge in [-0.15, -0.1) is 0 Å². The molecule has 0 aliphatic rings. The Kier molecular flexibility index (Phi) is 10.8. The molecule has 0 aliphatic carbocycles. The molecule has 0 aromatic carbocycles. The van der Waals surface area contributed by atoms with Crippen LogP contribution in [0.5, 0.6) is 0 Å². The zero-order valence-electron chi connectivity index (χ0n) is 10.8. The van der Waals surface area contributed by atoms with Crippen LogP contribution in [0.1, 0.15) is 0 Å². The van der Waals surface area contributed by atoms with E-state index in [1.54, 1.807) is 0 Å². The Morgan fingerprint density at radius 1 is 0.385 bits per heavy atom. The van der Waals surface area contributed by atoms with Crippen LogP contribution in [0.4, 0.5) is 0 Å². The van der Waals surface area contributed by atoms with Crippen molar-refractivity contribution in [1.29, 1.82) is 0 Å². The average Bonchev–Trinajstić information content (AvgIpc) is 1.97. The van der Waals surface area contributed by atoms with Gasteiger partial charge in [-0.25, -0.2) is 27.4 Å². The molecule has 4 unspecified atom stereocenters. The van der Waals surface area contributed by atoms with Gasteiger partial charge in [0, 0.05) is 0 Å². The summed E-state index contributed by atoms with van der Waals surface area (Å²) in [5.74, 6) is 0. The third-order valence-electron chi connectivity index (χ3n) is 1.04. The number of hydrogen-bond acceptors (Lipinski definition) is 11. The van der Waals surface area contributed by atoms with Crippen molar-refractivity contribution in [3.8, 4) is 0 Å². The van der Waals surface area contributed by atoms with E-state index < -0.39 is 46.9 Å². The van der Waals surface area contributed by atoms with Crippen molar-refractivity contribution >= 4 is 65.8 Å². The first-order valence-electron chi connectivity index (χ1n) is 4.52. The molecule has 0 saturated carbocycles. The standard InChI is InChI=1S/Li.H8O19P6.H/c;1-20(2,3)15-22(7,8)17-24(11,12)19-25(13,14)18-23(9,10)16-21(4,5)6;/h;(H,7,8)(H,9,10)(H,11,12)(H,13,14)(H2,1,2,3)(H2,4,5,6);. The molecule has 19 nitrogen and oxygen atoms in total. The van der Waals surface area contributed by atoms with Crippen LogP contribution in [-0.2, 0) is 48.9 Å². The van der Waals surface area contributed by atoms with Crippen molar-refractivity contribution in [2.45, 2.75) is 0 Å². The van der Waals surface area contributed by atoms with Gasteiger partial charge in [-0.05, 0) is 0 Å². The van der Waals surface area contributed by atoms with E-state index in [4.69, 9.17) is 39.1 Å². The Morgan fingerprint density at radius 2 is 0.538 bits per heavy atom. The molecule has 8 N–H and O–H groups in total. The third-order valence-corrected chi connectivity index (χ3v) is 9.34. The summed E-state index contributed by atoms with van der Waals surface area (Å²) in [5, 5.41) is 0. The topological polar surface area (TPSA) is 310 Å². The maximum atomic E-state index is 11.2. The Hall–Kier alpha value is 1.46. The van der Waals surface area contributed by atoms with Gasteiger partial charge in [0.1, 0.15) is 0 Å². The van der Waals surface area contributed by atoms with E-state index in [9.17, 15) is 27.4 Å². The van der Waals surface area contributed by atoms with Crippen LogP contribution in [0.2, 0.25) is 0 Å². The zero-order chi connectivity index (χ0) is 20.5. The van der Waals surface area contributed by atoms with Gasteiger partial charge in [-0.3, -0.25) is 0 Å². The molecule has 0 aliphatic heterocycles. The summed E-state index contributed by atoms with van der Waals surface area (Å²) in [5.41, 5.74) is 0. The molecule has 0 aromatic rings. The van der Waals surface area contributed by atoms with Gasteiger partial charge in [-0.2, -0.15) is 21.6 Å². The Bertz CT molecular complexity index is 697. The van der Waals surface area contributed by atoms with Crippen molar-refractivity contribution in [2.24, 2.45) is 0 Å². The van der Waals surface area contributed by atoms with Crippen molar-refractivity contribution in [1.82, 2.24) is 0 Å². The van der Waals surface area contributed by atoms with E-state index in [0.29, 0.717) is 0 Å². The predicted molar refractivity (Wildman–Crippen MR) is 76.0 cm³/mol. The number of hydrogen-bond donors (Lipinski definition) is 8. The van der Waals surface area contributed by atoms with E-state index in [0.717, 1.165) is 0 Å². The molecule has 0 rings (SSSR count). The molecule has 154 valence electrons. The van der Waals surface area contributed by atoms with Crippen molar-refractivity contribution in [3.63, 3.8) is 0 Å². The molecule has 0 heterocycles. The van der Waals surface area contributed by atoms with E-state index in [2.05, 4.69) is 21.6 Å². The first kappa shape index (κ1) is 29.7. The number of rotatable bonds is 10. The van der Waals surface area contributed by atoms with Gasteiger partial charge < -0.3 is 39.1 Å². The molecule has 26 heteroatoms. The molecule has 0 fully saturated rings. The molecule has 26 heavy (non-hydrogen) atoms. The summed E-state index contributed by atoms with van der Waals surface area (Å²) >= 11 is 0. The van der Waals surface area contributed by atoms with Crippen LogP contribution in [0.15, 0.2) is 0 Å². The summed E-state index contributed by atoms with van der Waals surface area (Å²) < 4.78 is 80.4. The van der Waals surface area contributed by atoms with Crippen molar-refractivity contribution < 1.29 is 88.1 Å². The zero-order valence-corrected chi connectivity index (χ0v) is 16.1. The van der Waals surface area contributed by atoms with Gasteiger partial charge >= 0.3 is 65.8 Å². The van der Waals surface area contributed by atoms with Crippen LogP contribution < -0.4 is 0 Å². The average molecular weight is 506 g/mol. The van der Waals surface area contributed by atoms with Gasteiger partial charge in [0.05, 0.1) is 0 Å². The van der Waals surface area contributed by atoms with Gasteiger partial charge in [0.2, 0.25) is 0 Å². The SMILES string of the molecule is O=P(O)(O)OP(=O)(O)OP(=O)(O)OP(=O)(O)OP(=O)(O)OP(=O)(O)O.[LiH]. The van der Waals surface area contributed by atoms with Gasteiger partial charge in [0.15, 0.2) is 0 Å². The Morgan fingerprint density at radius 3 is 0.692 bits per heavy atom. The fourth-order valence-electron chi connectivity index (χ4n) is 0.720. The molecule has 0 aromatic heterocycles. The van der Waals surface area contributed by atoms with E-state index in [-0.39, 0.29) is 18.9 Å². The Labute approximate surface area is 154 Å². The minimum atomic E-state index is -6.26. The predicted octanol–water partition coefficient (Wildman–Crippen LogP) is -0.992. The molecule has 0 saturated heterocycles. The molecular formula is H9LiO19P6. The molecule has 4 atom stereocenters. The summed E-state index contributed by atoms with van der Waals surface area (Å²) in [6.45, 7) is 0. The van der Waals surface area contributed by atoms with Crippen LogP contribution in [0.3, 0.4) is 0 Å². The van der Waals surface area contributed by atoms with E-state index >= 15 is 0 Å².